The van der Waals surface area contributed by atoms with Gasteiger partial charge in [-0.2, -0.15) is 5.26 Å². The van der Waals surface area contributed by atoms with Crippen molar-refractivity contribution in [3.8, 4) is 11.8 Å². The van der Waals surface area contributed by atoms with Gasteiger partial charge >= 0.3 is 0 Å². The van der Waals surface area contributed by atoms with E-state index < -0.39 is 0 Å². The molecule has 0 bridgehead atoms. The van der Waals surface area contributed by atoms with Crippen LogP contribution in [0.4, 0.5) is 0 Å². The highest BCUT2D eigenvalue weighted by atomic mass is 16.5. The van der Waals surface area contributed by atoms with E-state index in [4.69, 9.17) is 10.00 Å². The number of ether oxygens (including phenoxy) is 1. The molecule has 0 amide bonds. The minimum absolute atomic E-state index is 0.0867. The minimum atomic E-state index is 0.0867. The molecule has 0 fully saturated rings. The van der Waals surface area contributed by atoms with E-state index in [0.29, 0.717) is 0 Å². The van der Waals surface area contributed by atoms with Crippen LogP contribution in [0.1, 0.15) is 5.56 Å². The summed E-state index contributed by atoms with van der Waals surface area (Å²) in [5.41, 5.74) is 1.26. The predicted octanol–water partition coefficient (Wildman–Crippen LogP) is 2.46. The van der Waals surface area contributed by atoms with Gasteiger partial charge in [0.25, 0.3) is 0 Å². The average molecular weight is 226 g/mol. The molecule has 0 aliphatic carbocycles. The van der Waals surface area contributed by atoms with Crippen molar-refractivity contribution in [3.05, 3.63) is 42.0 Å². The first-order chi connectivity index (χ1) is 8.33. The number of rotatable bonds is 4. The van der Waals surface area contributed by atoms with E-state index in [0.717, 1.165) is 17.7 Å². The molecule has 0 saturated heterocycles. The summed E-state index contributed by atoms with van der Waals surface area (Å²) in [5, 5.41) is 13.9. The highest BCUT2D eigenvalue weighted by Crippen LogP contribution is 2.22. The second kappa shape index (κ2) is 5.33. The van der Waals surface area contributed by atoms with Crippen LogP contribution in [-0.4, -0.2) is 13.7 Å². The van der Waals surface area contributed by atoms with Crippen LogP contribution in [-0.2, 0) is 6.54 Å². The molecule has 17 heavy (non-hydrogen) atoms. The van der Waals surface area contributed by atoms with Crippen molar-refractivity contribution in [2.75, 3.05) is 13.7 Å². The van der Waals surface area contributed by atoms with Gasteiger partial charge in [-0.05, 0) is 41.6 Å². The summed E-state index contributed by atoms with van der Waals surface area (Å²) in [4.78, 5) is 0. The zero-order valence-electron chi connectivity index (χ0n) is 9.73. The standard InChI is InChI=1S/C14H14N2O/c1-16-10-11-2-3-13-9-14(17-7-6-15)5-4-12(13)8-11/h2-5,8-9,16H,7,10H2,1H3. The molecule has 0 aliphatic heterocycles. The smallest absolute Gasteiger partial charge is 0.174 e. The van der Waals surface area contributed by atoms with E-state index >= 15 is 0 Å². The van der Waals surface area contributed by atoms with E-state index in [2.05, 4.69) is 23.5 Å². The number of hydrogen-bond donors (Lipinski definition) is 1. The molecule has 0 aromatic heterocycles. The lowest BCUT2D eigenvalue weighted by Crippen LogP contribution is -2.04. The first kappa shape index (κ1) is 11.4. The monoisotopic (exact) mass is 226 g/mol. The van der Waals surface area contributed by atoms with Gasteiger partial charge in [-0.15, -0.1) is 0 Å². The Bertz CT molecular complexity index is 558. The van der Waals surface area contributed by atoms with Crippen LogP contribution in [0.2, 0.25) is 0 Å². The molecule has 3 heteroatoms. The van der Waals surface area contributed by atoms with Crippen molar-refractivity contribution < 1.29 is 4.74 Å². The van der Waals surface area contributed by atoms with Gasteiger partial charge in [0.1, 0.15) is 11.8 Å². The molecule has 0 unspecified atom stereocenters. The molecule has 0 spiro atoms. The summed E-state index contributed by atoms with van der Waals surface area (Å²) < 4.78 is 5.27. The largest absolute Gasteiger partial charge is 0.479 e. The summed E-state index contributed by atoms with van der Waals surface area (Å²) in [5.74, 6) is 0.736. The topological polar surface area (TPSA) is 45.0 Å². The Morgan fingerprint density at radius 3 is 2.71 bits per heavy atom. The fourth-order valence-corrected chi connectivity index (χ4v) is 1.79. The Morgan fingerprint density at radius 2 is 1.94 bits per heavy atom. The zero-order valence-corrected chi connectivity index (χ0v) is 9.73. The second-order valence-corrected chi connectivity index (χ2v) is 3.82. The molecular formula is C14H14N2O. The molecular weight excluding hydrogens is 212 g/mol. The molecule has 0 aliphatic rings. The number of hydrogen-bond acceptors (Lipinski definition) is 3. The Kier molecular flexibility index (Phi) is 3.59. The number of fused-ring (bicyclic) bond motifs is 1. The van der Waals surface area contributed by atoms with Crippen LogP contribution in [0.3, 0.4) is 0 Å². The van der Waals surface area contributed by atoms with Crippen LogP contribution >= 0.6 is 0 Å². The van der Waals surface area contributed by atoms with Crippen LogP contribution in [0, 0.1) is 11.3 Å². The van der Waals surface area contributed by atoms with Gasteiger partial charge in [0.05, 0.1) is 0 Å². The SMILES string of the molecule is CNCc1ccc2cc(OCC#N)ccc2c1. The molecule has 2 aromatic carbocycles. The van der Waals surface area contributed by atoms with E-state index in [1.54, 1.807) is 0 Å². The molecule has 0 saturated carbocycles. The van der Waals surface area contributed by atoms with E-state index in [1.807, 2.05) is 31.3 Å². The minimum Gasteiger partial charge on any atom is -0.479 e. The first-order valence-corrected chi connectivity index (χ1v) is 5.50. The average Bonchev–Trinajstić information content (AvgIpc) is 2.36. The Hall–Kier alpha value is -2.05. The van der Waals surface area contributed by atoms with Gasteiger partial charge in [-0.1, -0.05) is 18.2 Å². The van der Waals surface area contributed by atoms with Crippen LogP contribution < -0.4 is 10.1 Å². The molecule has 86 valence electrons. The lowest BCUT2D eigenvalue weighted by molar-refractivity contribution is 0.368. The third kappa shape index (κ3) is 2.74. The summed E-state index contributed by atoms with van der Waals surface area (Å²) in [6.45, 7) is 0.950. The Labute approximate surface area is 101 Å². The van der Waals surface area contributed by atoms with Gasteiger partial charge in [0.15, 0.2) is 6.61 Å². The summed E-state index contributed by atoms with van der Waals surface area (Å²) in [6, 6.07) is 14.1. The van der Waals surface area contributed by atoms with Gasteiger partial charge in [0, 0.05) is 6.54 Å². The maximum atomic E-state index is 8.45. The molecule has 2 aromatic rings. The van der Waals surface area contributed by atoms with Gasteiger partial charge in [0.2, 0.25) is 0 Å². The number of benzene rings is 2. The van der Waals surface area contributed by atoms with Gasteiger partial charge < -0.3 is 10.1 Å². The molecule has 0 heterocycles. The fourth-order valence-electron chi connectivity index (χ4n) is 1.79. The maximum Gasteiger partial charge on any atom is 0.174 e. The zero-order chi connectivity index (χ0) is 12.1. The van der Waals surface area contributed by atoms with Crippen molar-refractivity contribution in [1.29, 1.82) is 5.26 Å². The highest BCUT2D eigenvalue weighted by Gasteiger charge is 1.99. The third-order valence-electron chi connectivity index (χ3n) is 2.56. The summed E-state index contributed by atoms with van der Waals surface area (Å²) >= 11 is 0. The van der Waals surface area contributed by atoms with E-state index in [1.165, 1.54) is 10.9 Å². The van der Waals surface area contributed by atoms with Crippen molar-refractivity contribution in [1.82, 2.24) is 5.32 Å². The molecule has 1 N–H and O–H groups in total. The van der Waals surface area contributed by atoms with Gasteiger partial charge in [-0.25, -0.2) is 0 Å². The number of nitriles is 1. The maximum absolute atomic E-state index is 8.45. The molecule has 3 nitrogen and oxygen atoms in total. The lowest BCUT2D eigenvalue weighted by Gasteiger charge is -2.06. The summed E-state index contributed by atoms with van der Waals surface area (Å²) in [7, 11) is 1.93. The van der Waals surface area contributed by atoms with Crippen LogP contribution in [0.15, 0.2) is 36.4 Å². The van der Waals surface area contributed by atoms with Crippen LogP contribution in [0.25, 0.3) is 10.8 Å². The fraction of sp³-hybridized carbons (Fsp3) is 0.214. The van der Waals surface area contributed by atoms with Crippen molar-refractivity contribution >= 4 is 10.8 Å². The third-order valence-corrected chi connectivity index (χ3v) is 2.56. The normalized spacial score (nSPS) is 10.1. The van der Waals surface area contributed by atoms with Crippen molar-refractivity contribution in [2.24, 2.45) is 0 Å². The molecule has 0 atom stereocenters. The number of nitrogens with zero attached hydrogens (tertiary/aromatic N) is 1. The Balaban J connectivity index is 2.30. The predicted molar refractivity (Wildman–Crippen MR) is 67.8 cm³/mol. The van der Waals surface area contributed by atoms with Crippen LogP contribution in [0.5, 0.6) is 5.75 Å². The van der Waals surface area contributed by atoms with Gasteiger partial charge in [-0.3, -0.25) is 0 Å². The molecule has 0 radical (unpaired) electrons. The first-order valence-electron chi connectivity index (χ1n) is 5.50. The molecule has 2 rings (SSSR count). The van der Waals surface area contributed by atoms with E-state index in [-0.39, 0.29) is 6.61 Å². The van der Waals surface area contributed by atoms with Crippen molar-refractivity contribution in [2.45, 2.75) is 6.54 Å². The highest BCUT2D eigenvalue weighted by molar-refractivity contribution is 5.84. The number of nitrogens with one attached hydrogen (secondary N) is 1. The second-order valence-electron chi connectivity index (χ2n) is 3.82. The summed E-state index contributed by atoms with van der Waals surface area (Å²) in [6.07, 6.45) is 0. The lowest BCUT2D eigenvalue weighted by atomic mass is 10.1. The quantitative estimate of drug-likeness (QED) is 0.871. The van der Waals surface area contributed by atoms with Crippen molar-refractivity contribution in [3.63, 3.8) is 0 Å². The van der Waals surface area contributed by atoms with E-state index in [9.17, 15) is 0 Å². The Morgan fingerprint density at radius 1 is 1.18 bits per heavy atom.